The van der Waals surface area contributed by atoms with Gasteiger partial charge in [-0.1, -0.05) is 66.5 Å². The van der Waals surface area contributed by atoms with E-state index in [1.54, 1.807) is 28.6 Å². The number of hydrogen-bond donors (Lipinski definition) is 1. The average molecular weight is 501 g/mol. The van der Waals surface area contributed by atoms with Crippen LogP contribution in [-0.4, -0.2) is 38.3 Å². The smallest absolute Gasteiger partial charge is 0.262 e. The first-order valence-electron chi connectivity index (χ1n) is 12.5. The number of anilines is 1. The Hall–Kier alpha value is -2.38. The Morgan fingerprint density at radius 1 is 0.886 bits per heavy atom. The molecule has 1 aliphatic rings. The lowest BCUT2D eigenvalue weighted by molar-refractivity contribution is -0.118. The minimum atomic E-state index is -3.51. The maximum atomic E-state index is 13.0. The van der Waals surface area contributed by atoms with E-state index < -0.39 is 10.0 Å². The van der Waals surface area contributed by atoms with Crippen LogP contribution in [0.25, 0.3) is 0 Å². The zero-order valence-electron chi connectivity index (χ0n) is 22.0. The number of hydrogen-bond acceptors (Lipinski definition) is 4. The van der Waals surface area contributed by atoms with Gasteiger partial charge >= 0.3 is 0 Å². The lowest BCUT2D eigenvalue weighted by Crippen LogP contribution is -2.31. The van der Waals surface area contributed by atoms with Crippen LogP contribution in [0.2, 0.25) is 0 Å². The zero-order chi connectivity index (χ0) is 25.9. The van der Waals surface area contributed by atoms with E-state index in [-0.39, 0.29) is 28.2 Å². The third kappa shape index (κ3) is 7.07. The Kier molecular flexibility index (Phi) is 8.32. The molecule has 0 bridgehead atoms. The molecule has 1 amide bonds. The van der Waals surface area contributed by atoms with Crippen LogP contribution in [-0.2, 0) is 25.6 Å². The van der Waals surface area contributed by atoms with Gasteiger partial charge in [0.15, 0.2) is 6.61 Å². The Labute approximate surface area is 211 Å². The van der Waals surface area contributed by atoms with E-state index in [1.165, 1.54) is 5.56 Å². The summed E-state index contributed by atoms with van der Waals surface area (Å²) in [4.78, 5) is 12.8. The molecule has 0 atom stereocenters. The predicted octanol–water partition coefficient (Wildman–Crippen LogP) is 5.86. The van der Waals surface area contributed by atoms with Gasteiger partial charge in [-0.2, -0.15) is 4.31 Å². The molecule has 1 fully saturated rings. The standard InChI is InChI=1S/C28H40N2O4S/c1-27(2,3)21-11-16-25(24(19-21)28(4,5)6)34-20-26(31)29-22-12-14-23(15-13-22)35(32,33)30-17-9-7-8-10-18-30/h11-16,19H,7-10,17-18,20H2,1-6H3,(H,29,31). The van der Waals surface area contributed by atoms with Crippen molar-refractivity contribution in [1.29, 1.82) is 0 Å². The molecular weight excluding hydrogens is 460 g/mol. The van der Waals surface area contributed by atoms with E-state index in [1.807, 2.05) is 12.1 Å². The summed E-state index contributed by atoms with van der Waals surface area (Å²) in [6, 6.07) is 12.5. The van der Waals surface area contributed by atoms with Crippen LogP contribution in [0.15, 0.2) is 47.4 Å². The number of rotatable bonds is 6. The molecule has 1 saturated heterocycles. The molecule has 2 aromatic carbocycles. The van der Waals surface area contributed by atoms with Gasteiger partial charge in [-0.05, 0) is 65.1 Å². The number of sulfonamides is 1. The molecule has 6 nitrogen and oxygen atoms in total. The van der Waals surface area contributed by atoms with Crippen molar-refractivity contribution in [2.45, 2.75) is 83.0 Å². The van der Waals surface area contributed by atoms with Crippen LogP contribution in [0.4, 0.5) is 5.69 Å². The number of ether oxygens (including phenoxy) is 1. The first-order valence-corrected chi connectivity index (χ1v) is 13.9. The summed E-state index contributed by atoms with van der Waals surface area (Å²) in [6.45, 7) is 13.9. The Bertz CT molecular complexity index is 1120. The highest BCUT2D eigenvalue weighted by molar-refractivity contribution is 7.89. The third-order valence-electron chi connectivity index (χ3n) is 6.35. The highest BCUT2D eigenvalue weighted by atomic mass is 32.2. The Morgan fingerprint density at radius 2 is 1.49 bits per heavy atom. The van der Waals surface area contributed by atoms with E-state index in [4.69, 9.17) is 4.74 Å². The van der Waals surface area contributed by atoms with Crippen molar-refractivity contribution >= 4 is 21.6 Å². The van der Waals surface area contributed by atoms with E-state index in [9.17, 15) is 13.2 Å². The van der Waals surface area contributed by atoms with Gasteiger partial charge in [-0.3, -0.25) is 4.79 Å². The van der Waals surface area contributed by atoms with Crippen LogP contribution >= 0.6 is 0 Å². The molecule has 192 valence electrons. The van der Waals surface area contributed by atoms with Gasteiger partial charge in [-0.15, -0.1) is 0 Å². The van der Waals surface area contributed by atoms with Crippen molar-refractivity contribution < 1.29 is 17.9 Å². The molecule has 3 rings (SSSR count). The molecule has 1 heterocycles. The van der Waals surface area contributed by atoms with Gasteiger partial charge in [0.2, 0.25) is 10.0 Å². The third-order valence-corrected chi connectivity index (χ3v) is 8.27. The highest BCUT2D eigenvalue weighted by Crippen LogP contribution is 2.35. The van der Waals surface area contributed by atoms with Gasteiger partial charge in [0.1, 0.15) is 5.75 Å². The van der Waals surface area contributed by atoms with Gasteiger partial charge in [-0.25, -0.2) is 8.42 Å². The summed E-state index contributed by atoms with van der Waals surface area (Å²) in [5, 5.41) is 2.80. The van der Waals surface area contributed by atoms with Crippen molar-refractivity contribution in [3.05, 3.63) is 53.6 Å². The maximum Gasteiger partial charge on any atom is 0.262 e. The van der Waals surface area contributed by atoms with Crippen molar-refractivity contribution in [2.75, 3.05) is 25.0 Å². The fourth-order valence-corrected chi connectivity index (χ4v) is 5.71. The minimum Gasteiger partial charge on any atom is -0.483 e. The Balaban J connectivity index is 1.65. The second-order valence-electron chi connectivity index (χ2n) is 11.4. The van der Waals surface area contributed by atoms with E-state index in [0.29, 0.717) is 24.5 Å². The lowest BCUT2D eigenvalue weighted by Gasteiger charge is -2.27. The molecule has 35 heavy (non-hydrogen) atoms. The summed E-state index contributed by atoms with van der Waals surface area (Å²) in [5.41, 5.74) is 2.69. The first-order chi connectivity index (χ1) is 16.3. The minimum absolute atomic E-state index is 0.0166. The quantitative estimate of drug-likeness (QED) is 0.539. The molecule has 0 aromatic heterocycles. The molecule has 1 aliphatic heterocycles. The topological polar surface area (TPSA) is 75.7 Å². The fourth-order valence-electron chi connectivity index (χ4n) is 4.19. The molecular formula is C28H40N2O4S. The average Bonchev–Trinajstić information content (AvgIpc) is 3.07. The number of carbonyl (C=O) groups is 1. The predicted molar refractivity (Wildman–Crippen MR) is 142 cm³/mol. The van der Waals surface area contributed by atoms with Crippen LogP contribution in [0.1, 0.15) is 78.4 Å². The van der Waals surface area contributed by atoms with Gasteiger partial charge in [0, 0.05) is 18.8 Å². The SMILES string of the molecule is CC(C)(C)c1ccc(OCC(=O)Nc2ccc(S(=O)(=O)N3CCCCCC3)cc2)c(C(C)(C)C)c1. The van der Waals surface area contributed by atoms with Crippen molar-refractivity contribution in [1.82, 2.24) is 4.31 Å². The van der Waals surface area contributed by atoms with Gasteiger partial charge < -0.3 is 10.1 Å². The molecule has 0 unspecified atom stereocenters. The van der Waals surface area contributed by atoms with Gasteiger partial charge in [0.25, 0.3) is 5.91 Å². The number of benzene rings is 2. The lowest BCUT2D eigenvalue weighted by atomic mass is 9.80. The summed E-state index contributed by atoms with van der Waals surface area (Å²) >= 11 is 0. The summed E-state index contributed by atoms with van der Waals surface area (Å²) < 4.78 is 33.4. The van der Waals surface area contributed by atoms with Crippen molar-refractivity contribution in [3.63, 3.8) is 0 Å². The zero-order valence-corrected chi connectivity index (χ0v) is 22.8. The second kappa shape index (κ2) is 10.7. The molecule has 2 aromatic rings. The molecule has 7 heteroatoms. The number of carbonyl (C=O) groups excluding carboxylic acids is 1. The molecule has 0 radical (unpaired) electrons. The summed E-state index contributed by atoms with van der Waals surface area (Å²) in [6.07, 6.45) is 3.92. The summed E-state index contributed by atoms with van der Waals surface area (Å²) in [5.74, 6) is 0.396. The largest absolute Gasteiger partial charge is 0.483 e. The van der Waals surface area contributed by atoms with E-state index >= 15 is 0 Å². The normalized spacial score (nSPS) is 15.9. The highest BCUT2D eigenvalue weighted by Gasteiger charge is 2.25. The number of nitrogens with one attached hydrogen (secondary N) is 1. The summed E-state index contributed by atoms with van der Waals surface area (Å²) in [7, 11) is -3.51. The fraction of sp³-hybridized carbons (Fsp3) is 0.536. The first kappa shape index (κ1) is 27.2. The van der Waals surface area contributed by atoms with Crippen LogP contribution in [0.5, 0.6) is 5.75 Å². The van der Waals surface area contributed by atoms with Crippen LogP contribution in [0, 0.1) is 0 Å². The van der Waals surface area contributed by atoms with Crippen LogP contribution in [0.3, 0.4) is 0 Å². The van der Waals surface area contributed by atoms with Gasteiger partial charge in [0.05, 0.1) is 4.90 Å². The maximum absolute atomic E-state index is 13.0. The van der Waals surface area contributed by atoms with Crippen molar-refractivity contribution in [3.8, 4) is 5.75 Å². The molecule has 0 spiro atoms. The molecule has 0 aliphatic carbocycles. The molecule has 1 N–H and O–H groups in total. The van der Waals surface area contributed by atoms with Crippen LogP contribution < -0.4 is 10.1 Å². The monoisotopic (exact) mass is 500 g/mol. The Morgan fingerprint density at radius 3 is 2.03 bits per heavy atom. The second-order valence-corrected chi connectivity index (χ2v) is 13.3. The van der Waals surface area contributed by atoms with E-state index in [0.717, 1.165) is 31.2 Å². The number of nitrogens with zero attached hydrogens (tertiary/aromatic N) is 1. The van der Waals surface area contributed by atoms with Crippen molar-refractivity contribution in [2.24, 2.45) is 0 Å². The molecule has 0 saturated carbocycles. The number of amides is 1. The van der Waals surface area contributed by atoms with E-state index in [2.05, 4.69) is 52.9 Å².